The molecule has 0 aliphatic carbocycles. The molecule has 0 saturated heterocycles. The zero-order chi connectivity index (χ0) is 18.7. The van der Waals surface area contributed by atoms with Crippen LogP contribution in [0, 0.1) is 0 Å². The molecule has 2 N–H and O–H groups in total. The van der Waals surface area contributed by atoms with Crippen LogP contribution in [0.2, 0.25) is 0 Å². The highest BCUT2D eigenvalue weighted by Crippen LogP contribution is 2.27. The fourth-order valence-corrected chi connectivity index (χ4v) is 3.06. The van der Waals surface area contributed by atoms with Gasteiger partial charge in [-0.25, -0.2) is 0 Å². The van der Waals surface area contributed by atoms with Gasteiger partial charge in [0.15, 0.2) is 0 Å². The Morgan fingerprint density at radius 2 is 1.73 bits per heavy atom. The Balaban J connectivity index is 1.58. The lowest BCUT2D eigenvalue weighted by Crippen LogP contribution is -2.40. The van der Waals surface area contributed by atoms with Gasteiger partial charge in [0.1, 0.15) is 0 Å². The Labute approximate surface area is 154 Å². The van der Waals surface area contributed by atoms with Crippen LogP contribution in [0.25, 0.3) is 0 Å². The number of para-hydroxylation sites is 1. The van der Waals surface area contributed by atoms with Gasteiger partial charge in [0.25, 0.3) is 5.91 Å². The van der Waals surface area contributed by atoms with E-state index < -0.39 is 0 Å². The molecule has 26 heavy (non-hydrogen) atoms. The van der Waals surface area contributed by atoms with E-state index in [0.29, 0.717) is 17.8 Å². The molecule has 0 radical (unpaired) electrons. The van der Waals surface area contributed by atoms with E-state index in [4.69, 9.17) is 0 Å². The number of anilines is 2. The minimum atomic E-state index is -0.282. The SMILES string of the molecule is CC(C)(C)NC(=O)c1ccc(NC(=O)CN2CCc3ccccc32)cc1. The van der Waals surface area contributed by atoms with Gasteiger partial charge in [-0.1, -0.05) is 18.2 Å². The summed E-state index contributed by atoms with van der Waals surface area (Å²) in [6, 6.07) is 15.1. The van der Waals surface area contributed by atoms with Gasteiger partial charge in [-0.05, 0) is 63.1 Å². The molecule has 5 nitrogen and oxygen atoms in total. The maximum absolute atomic E-state index is 12.4. The third-order valence-electron chi connectivity index (χ3n) is 4.24. The van der Waals surface area contributed by atoms with Crippen LogP contribution in [-0.2, 0) is 11.2 Å². The van der Waals surface area contributed by atoms with Crippen LogP contribution in [0.5, 0.6) is 0 Å². The monoisotopic (exact) mass is 351 g/mol. The van der Waals surface area contributed by atoms with E-state index in [2.05, 4.69) is 27.7 Å². The number of rotatable bonds is 4. The summed E-state index contributed by atoms with van der Waals surface area (Å²) in [4.78, 5) is 26.6. The van der Waals surface area contributed by atoms with E-state index in [1.807, 2.05) is 32.9 Å². The summed E-state index contributed by atoms with van der Waals surface area (Å²) in [5.41, 5.74) is 3.41. The average molecular weight is 351 g/mol. The summed E-state index contributed by atoms with van der Waals surface area (Å²) in [5.74, 6) is -0.183. The number of hydrogen-bond acceptors (Lipinski definition) is 3. The number of benzene rings is 2. The van der Waals surface area contributed by atoms with Crippen LogP contribution in [0.15, 0.2) is 48.5 Å². The second kappa shape index (κ2) is 7.20. The predicted molar refractivity (Wildman–Crippen MR) is 105 cm³/mol. The first-order valence-corrected chi connectivity index (χ1v) is 8.87. The molecule has 0 bridgehead atoms. The number of fused-ring (bicyclic) bond motifs is 1. The van der Waals surface area contributed by atoms with Gasteiger partial charge in [0.2, 0.25) is 5.91 Å². The molecule has 0 atom stereocenters. The lowest BCUT2D eigenvalue weighted by atomic mass is 10.1. The van der Waals surface area contributed by atoms with Crippen molar-refractivity contribution in [3.63, 3.8) is 0 Å². The van der Waals surface area contributed by atoms with E-state index in [1.54, 1.807) is 24.3 Å². The molecule has 1 heterocycles. The smallest absolute Gasteiger partial charge is 0.251 e. The zero-order valence-electron chi connectivity index (χ0n) is 15.5. The van der Waals surface area contributed by atoms with Gasteiger partial charge >= 0.3 is 0 Å². The molecule has 5 heteroatoms. The van der Waals surface area contributed by atoms with Crippen molar-refractivity contribution in [2.45, 2.75) is 32.7 Å². The lowest BCUT2D eigenvalue weighted by molar-refractivity contribution is -0.115. The Hall–Kier alpha value is -2.82. The summed E-state index contributed by atoms with van der Waals surface area (Å²) in [5, 5.41) is 5.82. The number of nitrogens with one attached hydrogen (secondary N) is 2. The lowest BCUT2D eigenvalue weighted by Gasteiger charge is -2.20. The topological polar surface area (TPSA) is 61.4 Å². The highest BCUT2D eigenvalue weighted by atomic mass is 16.2. The summed E-state index contributed by atoms with van der Waals surface area (Å²) in [6.07, 6.45) is 0.973. The second-order valence-electron chi connectivity index (χ2n) is 7.63. The van der Waals surface area contributed by atoms with Gasteiger partial charge in [-0.3, -0.25) is 9.59 Å². The van der Waals surface area contributed by atoms with Gasteiger partial charge in [0, 0.05) is 29.0 Å². The van der Waals surface area contributed by atoms with E-state index in [1.165, 1.54) is 5.56 Å². The van der Waals surface area contributed by atoms with E-state index in [-0.39, 0.29) is 17.4 Å². The molecule has 2 aromatic rings. The molecule has 136 valence electrons. The van der Waals surface area contributed by atoms with Crippen molar-refractivity contribution in [2.24, 2.45) is 0 Å². The largest absolute Gasteiger partial charge is 0.362 e. The maximum atomic E-state index is 12.4. The van der Waals surface area contributed by atoms with Crippen molar-refractivity contribution < 1.29 is 9.59 Å². The van der Waals surface area contributed by atoms with Gasteiger partial charge in [0.05, 0.1) is 6.54 Å². The standard InChI is InChI=1S/C21H25N3O2/c1-21(2,3)23-20(26)16-8-10-17(11-9-16)22-19(25)14-24-13-12-15-6-4-5-7-18(15)24/h4-11H,12-14H2,1-3H3,(H,22,25)(H,23,26). The van der Waals surface area contributed by atoms with Gasteiger partial charge in [-0.15, -0.1) is 0 Å². The first kappa shape index (κ1) is 18.0. The molecule has 2 amide bonds. The van der Waals surface area contributed by atoms with Crippen LogP contribution in [-0.4, -0.2) is 30.4 Å². The maximum Gasteiger partial charge on any atom is 0.251 e. The minimum Gasteiger partial charge on any atom is -0.362 e. The molecule has 2 aromatic carbocycles. The highest BCUT2D eigenvalue weighted by Gasteiger charge is 2.20. The van der Waals surface area contributed by atoms with Crippen molar-refractivity contribution in [3.8, 4) is 0 Å². The highest BCUT2D eigenvalue weighted by molar-refractivity contribution is 5.97. The second-order valence-corrected chi connectivity index (χ2v) is 7.63. The minimum absolute atomic E-state index is 0.0615. The Bertz CT molecular complexity index is 807. The van der Waals surface area contributed by atoms with Crippen LogP contribution < -0.4 is 15.5 Å². The Morgan fingerprint density at radius 3 is 2.42 bits per heavy atom. The number of hydrogen-bond donors (Lipinski definition) is 2. The van der Waals surface area contributed by atoms with Gasteiger partial charge in [-0.2, -0.15) is 0 Å². The third-order valence-corrected chi connectivity index (χ3v) is 4.24. The van der Waals surface area contributed by atoms with Crippen molar-refractivity contribution in [1.82, 2.24) is 5.32 Å². The fraction of sp³-hybridized carbons (Fsp3) is 0.333. The molecule has 0 unspecified atom stereocenters. The molecule has 0 aromatic heterocycles. The fourth-order valence-electron chi connectivity index (χ4n) is 3.06. The van der Waals surface area contributed by atoms with E-state index >= 15 is 0 Å². The Morgan fingerprint density at radius 1 is 1.04 bits per heavy atom. The zero-order valence-corrected chi connectivity index (χ0v) is 15.5. The van der Waals surface area contributed by atoms with Crippen molar-refractivity contribution in [1.29, 1.82) is 0 Å². The van der Waals surface area contributed by atoms with E-state index in [9.17, 15) is 9.59 Å². The first-order valence-electron chi connectivity index (χ1n) is 8.87. The molecule has 0 fully saturated rings. The molecule has 0 spiro atoms. The van der Waals surface area contributed by atoms with E-state index in [0.717, 1.165) is 18.7 Å². The number of carbonyl (C=O) groups is 2. The van der Waals surface area contributed by atoms with Crippen molar-refractivity contribution in [3.05, 3.63) is 59.7 Å². The Kier molecular flexibility index (Phi) is 4.98. The van der Waals surface area contributed by atoms with Crippen molar-refractivity contribution >= 4 is 23.2 Å². The third kappa shape index (κ3) is 4.42. The molecule has 1 aliphatic heterocycles. The normalized spacial score (nSPS) is 13.3. The van der Waals surface area contributed by atoms with Crippen LogP contribution in [0.1, 0.15) is 36.7 Å². The predicted octanol–water partition coefficient (Wildman–Crippen LogP) is 3.22. The number of nitrogens with zero attached hydrogens (tertiary/aromatic N) is 1. The number of carbonyl (C=O) groups excluding carboxylic acids is 2. The first-order chi connectivity index (χ1) is 12.3. The summed E-state index contributed by atoms with van der Waals surface area (Å²) < 4.78 is 0. The van der Waals surface area contributed by atoms with Crippen LogP contribution in [0.3, 0.4) is 0 Å². The summed E-state index contributed by atoms with van der Waals surface area (Å²) >= 11 is 0. The van der Waals surface area contributed by atoms with Crippen LogP contribution in [0.4, 0.5) is 11.4 Å². The quantitative estimate of drug-likeness (QED) is 0.889. The molecule has 0 saturated carbocycles. The van der Waals surface area contributed by atoms with Gasteiger partial charge < -0.3 is 15.5 Å². The molecule has 3 rings (SSSR count). The number of amides is 2. The molecule has 1 aliphatic rings. The molecular weight excluding hydrogens is 326 g/mol. The summed E-state index contributed by atoms with van der Waals surface area (Å²) in [7, 11) is 0. The van der Waals surface area contributed by atoms with Crippen molar-refractivity contribution in [2.75, 3.05) is 23.3 Å². The summed E-state index contributed by atoms with van der Waals surface area (Å²) in [6.45, 7) is 7.00. The van der Waals surface area contributed by atoms with Crippen LogP contribution >= 0.6 is 0 Å². The molecular formula is C21H25N3O2. The average Bonchev–Trinajstić information content (AvgIpc) is 2.97.